The van der Waals surface area contributed by atoms with Crippen LogP contribution in [0.5, 0.6) is 0 Å². The Balaban J connectivity index is 1.62. The maximum absolute atomic E-state index is 11.2. The number of rotatable bonds is 8. The smallest absolute Gasteiger partial charge is 0.304 e. The molecule has 0 aromatic carbocycles. The molecule has 0 unspecified atom stereocenters. The summed E-state index contributed by atoms with van der Waals surface area (Å²) < 4.78 is 5.38. The number of hydrogen-bond acceptors (Lipinski definition) is 5. The van der Waals surface area contributed by atoms with Crippen LogP contribution in [-0.4, -0.2) is 26.2 Å². The Hall–Kier alpha value is -2.24. The van der Waals surface area contributed by atoms with Crippen molar-refractivity contribution in [2.24, 2.45) is 5.92 Å². The Bertz CT molecular complexity index is 666. The van der Waals surface area contributed by atoms with E-state index >= 15 is 0 Å². The average molecular weight is 343 g/mol. The minimum Gasteiger partial charge on any atom is -0.481 e. The molecule has 0 radical (unpaired) electrons. The highest BCUT2D eigenvalue weighted by molar-refractivity contribution is 5.67. The predicted molar refractivity (Wildman–Crippen MR) is 92.9 cm³/mol. The molecule has 1 N–H and O–H groups in total. The maximum atomic E-state index is 11.2. The van der Waals surface area contributed by atoms with E-state index in [-0.39, 0.29) is 12.3 Å². The second kappa shape index (κ2) is 8.74. The Kier molecular flexibility index (Phi) is 6.14. The van der Waals surface area contributed by atoms with Gasteiger partial charge in [-0.25, -0.2) is 0 Å². The summed E-state index contributed by atoms with van der Waals surface area (Å²) in [5.74, 6) is 0.669. The van der Waals surface area contributed by atoms with Gasteiger partial charge >= 0.3 is 5.97 Å². The highest BCUT2D eigenvalue weighted by Crippen LogP contribution is 2.31. The zero-order chi connectivity index (χ0) is 17.5. The van der Waals surface area contributed by atoms with Gasteiger partial charge in [-0.1, -0.05) is 50.1 Å². The molecule has 1 saturated carbocycles. The highest BCUT2D eigenvalue weighted by atomic mass is 16.5. The predicted octanol–water partition coefficient (Wildman–Crippen LogP) is 4.44. The Morgan fingerprint density at radius 2 is 2.00 bits per heavy atom. The number of pyridine rings is 1. The molecule has 2 aromatic rings. The molecule has 3 rings (SSSR count). The van der Waals surface area contributed by atoms with Crippen LogP contribution >= 0.6 is 0 Å². The Morgan fingerprint density at radius 1 is 1.24 bits per heavy atom. The molecular formula is C19H25N3O3. The quantitative estimate of drug-likeness (QED) is 0.762. The van der Waals surface area contributed by atoms with E-state index in [1.807, 2.05) is 12.1 Å². The molecule has 6 nitrogen and oxygen atoms in total. The van der Waals surface area contributed by atoms with Gasteiger partial charge in [0.1, 0.15) is 0 Å². The summed E-state index contributed by atoms with van der Waals surface area (Å²) in [5, 5.41) is 13.2. The van der Waals surface area contributed by atoms with E-state index in [9.17, 15) is 9.90 Å². The molecule has 0 spiro atoms. The van der Waals surface area contributed by atoms with Crippen LogP contribution in [-0.2, 0) is 4.79 Å². The summed E-state index contributed by atoms with van der Waals surface area (Å²) in [4.78, 5) is 19.6. The summed E-state index contributed by atoms with van der Waals surface area (Å²) in [6.45, 7) is 0. The summed E-state index contributed by atoms with van der Waals surface area (Å²) in [7, 11) is 0. The van der Waals surface area contributed by atoms with Crippen molar-refractivity contribution in [3.05, 3.63) is 30.4 Å². The number of carbonyl (C=O) groups is 1. The van der Waals surface area contributed by atoms with Crippen molar-refractivity contribution >= 4 is 5.97 Å². The van der Waals surface area contributed by atoms with E-state index in [4.69, 9.17) is 4.52 Å². The van der Waals surface area contributed by atoms with E-state index in [0.29, 0.717) is 11.7 Å². The lowest BCUT2D eigenvalue weighted by Gasteiger charge is -2.21. The molecule has 1 fully saturated rings. The SMILES string of the molecule is O=C(O)C[C@@H](CCCC1CCCCC1)c1nc(-c2ccncc2)no1. The molecule has 6 heteroatoms. The van der Waals surface area contributed by atoms with Crippen LogP contribution in [0.1, 0.15) is 69.6 Å². The molecule has 0 bridgehead atoms. The fraction of sp³-hybridized carbons (Fsp3) is 0.579. The van der Waals surface area contributed by atoms with Gasteiger partial charge in [0, 0.05) is 23.9 Å². The second-order valence-electron chi connectivity index (χ2n) is 6.92. The zero-order valence-corrected chi connectivity index (χ0v) is 14.4. The summed E-state index contributed by atoms with van der Waals surface area (Å²) in [5.41, 5.74) is 0.821. The third-order valence-corrected chi connectivity index (χ3v) is 5.04. The molecule has 2 aromatic heterocycles. The number of aliphatic carboxylic acids is 1. The van der Waals surface area contributed by atoms with Gasteiger partial charge in [0.15, 0.2) is 0 Å². The molecule has 2 heterocycles. The second-order valence-corrected chi connectivity index (χ2v) is 6.92. The van der Waals surface area contributed by atoms with Crippen LogP contribution in [0.2, 0.25) is 0 Å². The molecule has 0 aliphatic heterocycles. The van der Waals surface area contributed by atoms with Crippen molar-refractivity contribution in [2.45, 2.75) is 63.7 Å². The van der Waals surface area contributed by atoms with Gasteiger partial charge in [0.05, 0.1) is 6.42 Å². The third-order valence-electron chi connectivity index (χ3n) is 5.04. The summed E-state index contributed by atoms with van der Waals surface area (Å²) >= 11 is 0. The molecule has 1 atom stereocenters. The van der Waals surface area contributed by atoms with Crippen molar-refractivity contribution in [1.29, 1.82) is 0 Å². The average Bonchev–Trinajstić information content (AvgIpc) is 3.12. The first-order valence-electron chi connectivity index (χ1n) is 9.18. The van der Waals surface area contributed by atoms with Gasteiger partial charge in [-0.15, -0.1) is 0 Å². The van der Waals surface area contributed by atoms with Crippen molar-refractivity contribution in [3.8, 4) is 11.4 Å². The normalized spacial score (nSPS) is 16.6. The number of carboxylic acid groups (broad SMARTS) is 1. The first-order chi connectivity index (χ1) is 12.2. The van der Waals surface area contributed by atoms with E-state index < -0.39 is 5.97 Å². The number of aromatic nitrogens is 3. The van der Waals surface area contributed by atoms with Crippen molar-refractivity contribution < 1.29 is 14.4 Å². The molecule has 1 aliphatic carbocycles. The molecule has 0 saturated heterocycles. The number of carboxylic acids is 1. The van der Waals surface area contributed by atoms with Gasteiger partial charge in [-0.3, -0.25) is 9.78 Å². The molecular weight excluding hydrogens is 318 g/mol. The summed E-state index contributed by atoms with van der Waals surface area (Å²) in [6.07, 6.45) is 13.0. The lowest BCUT2D eigenvalue weighted by atomic mass is 9.84. The van der Waals surface area contributed by atoms with E-state index in [0.717, 1.165) is 24.3 Å². The fourth-order valence-corrected chi connectivity index (χ4v) is 3.67. The lowest BCUT2D eigenvalue weighted by molar-refractivity contribution is -0.137. The number of nitrogens with zero attached hydrogens (tertiary/aromatic N) is 3. The minimum absolute atomic E-state index is 0.0304. The summed E-state index contributed by atoms with van der Waals surface area (Å²) in [6, 6.07) is 3.62. The van der Waals surface area contributed by atoms with Crippen LogP contribution < -0.4 is 0 Å². The molecule has 0 amide bonds. The van der Waals surface area contributed by atoms with Gasteiger partial charge in [-0.05, 0) is 24.5 Å². The first kappa shape index (κ1) is 17.6. The Labute approximate surface area is 147 Å². The molecule has 1 aliphatic rings. The largest absolute Gasteiger partial charge is 0.481 e. The van der Waals surface area contributed by atoms with E-state index in [2.05, 4.69) is 15.1 Å². The maximum Gasteiger partial charge on any atom is 0.304 e. The van der Waals surface area contributed by atoms with Crippen molar-refractivity contribution in [2.75, 3.05) is 0 Å². The topological polar surface area (TPSA) is 89.1 Å². The van der Waals surface area contributed by atoms with Crippen molar-refractivity contribution in [1.82, 2.24) is 15.1 Å². The zero-order valence-electron chi connectivity index (χ0n) is 14.4. The van der Waals surface area contributed by atoms with Gasteiger partial charge in [0.25, 0.3) is 0 Å². The third kappa shape index (κ3) is 5.11. The standard InChI is InChI=1S/C19H25N3O3/c23-17(24)13-16(8-4-7-14-5-2-1-3-6-14)19-21-18(22-25-19)15-9-11-20-12-10-15/h9-12,14,16H,1-8,13H2,(H,23,24)/t16-/m1/s1. The Morgan fingerprint density at radius 3 is 2.72 bits per heavy atom. The highest BCUT2D eigenvalue weighted by Gasteiger charge is 2.23. The monoisotopic (exact) mass is 343 g/mol. The van der Waals surface area contributed by atoms with Gasteiger partial charge < -0.3 is 9.63 Å². The van der Waals surface area contributed by atoms with Gasteiger partial charge in [0.2, 0.25) is 11.7 Å². The fourth-order valence-electron chi connectivity index (χ4n) is 3.67. The minimum atomic E-state index is -0.827. The van der Waals surface area contributed by atoms with E-state index in [1.165, 1.54) is 38.5 Å². The van der Waals surface area contributed by atoms with Crippen LogP contribution in [0, 0.1) is 5.92 Å². The molecule has 25 heavy (non-hydrogen) atoms. The lowest BCUT2D eigenvalue weighted by Crippen LogP contribution is -2.09. The van der Waals surface area contributed by atoms with Crippen LogP contribution in [0.15, 0.2) is 29.0 Å². The van der Waals surface area contributed by atoms with Crippen LogP contribution in [0.4, 0.5) is 0 Å². The van der Waals surface area contributed by atoms with Crippen LogP contribution in [0.3, 0.4) is 0 Å². The molecule has 134 valence electrons. The van der Waals surface area contributed by atoms with Crippen molar-refractivity contribution in [3.63, 3.8) is 0 Å². The van der Waals surface area contributed by atoms with Crippen LogP contribution in [0.25, 0.3) is 11.4 Å². The van der Waals surface area contributed by atoms with Gasteiger partial charge in [-0.2, -0.15) is 4.98 Å². The number of hydrogen-bond donors (Lipinski definition) is 1. The first-order valence-corrected chi connectivity index (χ1v) is 9.18. The van der Waals surface area contributed by atoms with E-state index in [1.54, 1.807) is 12.4 Å².